The molecule has 0 spiro atoms. The maximum Gasteiger partial charge on any atom is 0.260 e. The summed E-state index contributed by atoms with van der Waals surface area (Å²) in [4.78, 5) is 61.4. The molecule has 61 heavy (non-hydrogen) atoms. The van der Waals surface area contributed by atoms with E-state index >= 15 is 0 Å². The SMILES string of the molecule is COc1ccc(C2=CN3C(=O)c4cc(OC)c(OCCCOc5cc(N=CC6CC(c7ccc(NC(=O)CNC=O)cc7)=CN6C)c(C=O)cc5OC)cc4N=CC3C2)cc1. The fourth-order valence-electron chi connectivity index (χ4n) is 7.23. The first kappa shape index (κ1) is 41.7. The third-order valence-electron chi connectivity index (χ3n) is 10.5. The van der Waals surface area contributed by atoms with Crippen LogP contribution < -0.4 is 34.3 Å². The van der Waals surface area contributed by atoms with Crippen LogP contribution in [0.15, 0.2) is 95.2 Å². The molecule has 314 valence electrons. The molecule has 7 rings (SSSR count). The van der Waals surface area contributed by atoms with Crippen LogP contribution >= 0.6 is 0 Å². The number of methoxy groups -OCH3 is 3. The average molecular weight is 827 g/mol. The monoisotopic (exact) mass is 826 g/mol. The Kier molecular flexibility index (Phi) is 13.1. The third kappa shape index (κ3) is 9.57. The number of anilines is 1. The number of rotatable bonds is 18. The zero-order chi connectivity index (χ0) is 42.9. The predicted molar refractivity (Wildman–Crippen MR) is 232 cm³/mol. The molecule has 0 saturated carbocycles. The lowest BCUT2D eigenvalue weighted by Gasteiger charge is -2.19. The maximum absolute atomic E-state index is 13.8. The highest BCUT2D eigenvalue weighted by molar-refractivity contribution is 6.05. The molecule has 2 N–H and O–H groups in total. The second kappa shape index (κ2) is 19.1. The van der Waals surface area contributed by atoms with Gasteiger partial charge in [-0.1, -0.05) is 24.3 Å². The number of fused-ring (bicyclic) bond motifs is 2. The zero-order valence-corrected chi connectivity index (χ0v) is 34.3. The van der Waals surface area contributed by atoms with Gasteiger partial charge in [0.2, 0.25) is 12.3 Å². The van der Waals surface area contributed by atoms with E-state index in [9.17, 15) is 19.2 Å². The Morgan fingerprint density at radius 1 is 0.836 bits per heavy atom. The highest BCUT2D eigenvalue weighted by Gasteiger charge is 2.33. The molecule has 2 unspecified atom stereocenters. The fourth-order valence-corrected chi connectivity index (χ4v) is 7.23. The van der Waals surface area contributed by atoms with Gasteiger partial charge in [0.05, 0.1) is 70.1 Å². The van der Waals surface area contributed by atoms with E-state index in [2.05, 4.69) is 10.6 Å². The van der Waals surface area contributed by atoms with Crippen molar-refractivity contribution in [2.24, 2.45) is 9.98 Å². The van der Waals surface area contributed by atoms with Crippen molar-refractivity contribution in [2.45, 2.75) is 31.3 Å². The largest absolute Gasteiger partial charge is 0.497 e. The normalized spacial score (nSPS) is 16.6. The van der Waals surface area contributed by atoms with E-state index in [1.807, 2.05) is 72.9 Å². The summed E-state index contributed by atoms with van der Waals surface area (Å²) in [6, 6.07) is 21.6. The molecule has 15 heteroatoms. The molecule has 0 fully saturated rings. The molecule has 0 aliphatic carbocycles. The molecule has 3 amide bonds. The van der Waals surface area contributed by atoms with Crippen molar-refractivity contribution in [1.29, 1.82) is 0 Å². The van der Waals surface area contributed by atoms with Gasteiger partial charge < -0.3 is 44.1 Å². The second-order valence-corrected chi connectivity index (χ2v) is 14.4. The molecule has 2 atom stereocenters. The lowest BCUT2D eigenvalue weighted by molar-refractivity contribution is -0.118. The number of aldehydes is 1. The van der Waals surface area contributed by atoms with Crippen molar-refractivity contribution in [2.75, 3.05) is 53.5 Å². The lowest BCUT2D eigenvalue weighted by atomic mass is 10.0. The summed E-state index contributed by atoms with van der Waals surface area (Å²) in [6.45, 7) is 0.432. The highest BCUT2D eigenvalue weighted by Crippen LogP contribution is 2.40. The summed E-state index contributed by atoms with van der Waals surface area (Å²) in [5.41, 5.74) is 6.45. The third-order valence-corrected chi connectivity index (χ3v) is 10.5. The molecule has 0 saturated heterocycles. The predicted octanol–water partition coefficient (Wildman–Crippen LogP) is 6.48. The van der Waals surface area contributed by atoms with Crippen molar-refractivity contribution in [3.8, 4) is 28.7 Å². The number of carbonyl (C=O) groups is 4. The first-order valence-electron chi connectivity index (χ1n) is 19.6. The molecule has 3 aliphatic heterocycles. The smallest absolute Gasteiger partial charge is 0.260 e. The van der Waals surface area contributed by atoms with Crippen LogP contribution in [-0.2, 0) is 9.59 Å². The van der Waals surface area contributed by atoms with Crippen LogP contribution in [-0.4, -0.2) is 107 Å². The van der Waals surface area contributed by atoms with Gasteiger partial charge in [-0.05, 0) is 65.1 Å². The van der Waals surface area contributed by atoms with Gasteiger partial charge in [0.15, 0.2) is 29.3 Å². The minimum absolute atomic E-state index is 0.0763. The number of aliphatic imine (C=N–C) groups is 2. The second-order valence-electron chi connectivity index (χ2n) is 14.4. The summed E-state index contributed by atoms with van der Waals surface area (Å²) < 4.78 is 28.7. The first-order chi connectivity index (χ1) is 29.7. The van der Waals surface area contributed by atoms with Crippen molar-refractivity contribution in [3.05, 3.63) is 107 Å². The van der Waals surface area contributed by atoms with Crippen molar-refractivity contribution in [3.63, 3.8) is 0 Å². The van der Waals surface area contributed by atoms with E-state index in [4.69, 9.17) is 33.7 Å². The molecule has 0 bridgehead atoms. The minimum atomic E-state index is -0.319. The Hall–Kier alpha value is -7.42. The van der Waals surface area contributed by atoms with Crippen LogP contribution in [0.2, 0.25) is 0 Å². The van der Waals surface area contributed by atoms with E-state index in [0.717, 1.165) is 34.3 Å². The number of ether oxygens (including phenoxy) is 5. The molecule has 3 heterocycles. The van der Waals surface area contributed by atoms with E-state index in [0.29, 0.717) is 76.9 Å². The molecule has 0 aromatic heterocycles. The van der Waals surface area contributed by atoms with Gasteiger partial charge in [-0.3, -0.25) is 29.2 Å². The zero-order valence-electron chi connectivity index (χ0n) is 34.3. The summed E-state index contributed by atoms with van der Waals surface area (Å²) in [7, 11) is 6.62. The first-order valence-corrected chi connectivity index (χ1v) is 19.6. The van der Waals surface area contributed by atoms with Crippen LogP contribution in [0, 0.1) is 0 Å². The van der Waals surface area contributed by atoms with Gasteiger partial charge in [-0.25, -0.2) is 0 Å². The molecule has 4 aromatic carbocycles. The summed E-state index contributed by atoms with van der Waals surface area (Å²) in [5, 5.41) is 5.08. The van der Waals surface area contributed by atoms with E-state index in [1.54, 1.807) is 48.7 Å². The molecule has 15 nitrogen and oxygen atoms in total. The summed E-state index contributed by atoms with van der Waals surface area (Å²) in [5.74, 6) is 1.95. The Morgan fingerprint density at radius 3 is 2.18 bits per heavy atom. The Bertz CT molecular complexity index is 2410. The minimum Gasteiger partial charge on any atom is -0.497 e. The van der Waals surface area contributed by atoms with Crippen LogP contribution in [0.4, 0.5) is 17.1 Å². The van der Waals surface area contributed by atoms with Gasteiger partial charge in [-0.15, -0.1) is 0 Å². The summed E-state index contributed by atoms with van der Waals surface area (Å²) in [6.07, 6.45) is 10.5. The number of nitrogens with one attached hydrogen (secondary N) is 2. The number of benzene rings is 4. The van der Waals surface area contributed by atoms with E-state index < -0.39 is 0 Å². The van der Waals surface area contributed by atoms with Gasteiger partial charge in [0.25, 0.3) is 5.91 Å². The standard InChI is InChI=1S/C46H46N6O9/c1-51-25-31(29-6-10-34(11-7-29)50-45(55)24-47-28-54)16-35(51)22-48-39-20-43(41(58-3)18-33(39)27-53)60-14-5-15-61-44-21-40-38(19-42(44)59-4)46(56)52-26-32(17-36(52)23-49-40)30-8-12-37(57-2)13-9-30/h6-13,18-23,25-28,35-36H,5,14-17,24H2,1-4H3,(H,47,54)(H,50,55). The summed E-state index contributed by atoms with van der Waals surface area (Å²) >= 11 is 0. The van der Waals surface area contributed by atoms with Crippen molar-refractivity contribution < 1.29 is 42.9 Å². The number of nitrogens with zero attached hydrogens (tertiary/aromatic N) is 4. The molecular weight excluding hydrogens is 781 g/mol. The van der Waals surface area contributed by atoms with Crippen LogP contribution in [0.25, 0.3) is 11.1 Å². The van der Waals surface area contributed by atoms with Gasteiger partial charge in [0, 0.05) is 68.1 Å². The number of carbonyl (C=O) groups excluding carboxylic acids is 4. The van der Waals surface area contributed by atoms with E-state index in [-0.39, 0.29) is 43.7 Å². The number of amides is 3. The highest BCUT2D eigenvalue weighted by atomic mass is 16.5. The van der Waals surface area contributed by atoms with E-state index in [1.165, 1.54) is 14.2 Å². The van der Waals surface area contributed by atoms with Gasteiger partial charge in [-0.2, -0.15) is 0 Å². The number of hydrogen-bond acceptors (Lipinski definition) is 12. The lowest BCUT2D eigenvalue weighted by Crippen LogP contribution is -2.32. The number of hydrogen-bond donors (Lipinski definition) is 2. The maximum atomic E-state index is 13.8. The molecule has 3 aliphatic rings. The van der Waals surface area contributed by atoms with Gasteiger partial charge >= 0.3 is 0 Å². The molecule has 4 aromatic rings. The molecule has 0 radical (unpaired) electrons. The van der Waals surface area contributed by atoms with Crippen molar-refractivity contribution in [1.82, 2.24) is 15.1 Å². The Labute approximate surface area is 353 Å². The van der Waals surface area contributed by atoms with Gasteiger partial charge in [0.1, 0.15) is 5.75 Å². The quantitative estimate of drug-likeness (QED) is 0.0644. The molecular formula is C46H46N6O9. The average Bonchev–Trinajstić information content (AvgIpc) is 3.86. The Balaban J connectivity index is 0.951. The Morgan fingerprint density at radius 2 is 1.51 bits per heavy atom. The fraction of sp³-hybridized carbons (Fsp3) is 0.261. The topological polar surface area (TPSA) is 170 Å². The van der Waals surface area contributed by atoms with Crippen LogP contribution in [0.5, 0.6) is 28.7 Å². The van der Waals surface area contributed by atoms with Crippen LogP contribution in [0.3, 0.4) is 0 Å². The van der Waals surface area contributed by atoms with Crippen molar-refractivity contribution >= 4 is 65.1 Å². The van der Waals surface area contributed by atoms with Crippen LogP contribution in [0.1, 0.15) is 51.1 Å².